The van der Waals surface area contributed by atoms with Gasteiger partial charge in [0, 0.05) is 17.3 Å². The molecule has 120 valence electrons. The van der Waals surface area contributed by atoms with Crippen LogP contribution in [0.2, 0.25) is 0 Å². The van der Waals surface area contributed by atoms with E-state index in [1.807, 2.05) is 42.5 Å². The summed E-state index contributed by atoms with van der Waals surface area (Å²) in [7, 11) is 1.64. The molecule has 5 heteroatoms. The standard InChI is InChI=1S/C20H14N4O/c1-25-17-4-2-3-15(9-17)19-23-18-10-16(12-22-20(18)24-19)14-7-5-13(11-21)6-8-14/h2-10,12H,1H3,(H,22,23,24). The van der Waals surface area contributed by atoms with E-state index in [-0.39, 0.29) is 0 Å². The average Bonchev–Trinajstić information content (AvgIpc) is 3.11. The van der Waals surface area contributed by atoms with Gasteiger partial charge in [-0.05, 0) is 35.9 Å². The second-order valence-electron chi connectivity index (χ2n) is 5.60. The number of rotatable bonds is 3. The number of H-pyrrole nitrogens is 1. The van der Waals surface area contributed by atoms with Crippen LogP contribution in [-0.4, -0.2) is 22.1 Å². The molecule has 0 aliphatic carbocycles. The summed E-state index contributed by atoms with van der Waals surface area (Å²) in [6, 6.07) is 19.3. The smallest absolute Gasteiger partial charge is 0.178 e. The zero-order valence-corrected chi connectivity index (χ0v) is 13.5. The molecule has 0 spiro atoms. The highest BCUT2D eigenvalue weighted by atomic mass is 16.5. The number of imidazole rings is 1. The van der Waals surface area contributed by atoms with Crippen LogP contribution in [0, 0.1) is 11.3 Å². The van der Waals surface area contributed by atoms with Crippen molar-refractivity contribution in [2.75, 3.05) is 7.11 Å². The van der Waals surface area contributed by atoms with Gasteiger partial charge in [0.15, 0.2) is 5.65 Å². The third kappa shape index (κ3) is 2.81. The zero-order chi connectivity index (χ0) is 17.2. The number of aromatic nitrogens is 3. The second kappa shape index (κ2) is 6.10. The number of benzene rings is 2. The topological polar surface area (TPSA) is 74.6 Å². The molecule has 0 unspecified atom stereocenters. The number of pyridine rings is 1. The van der Waals surface area contributed by atoms with E-state index in [4.69, 9.17) is 10.00 Å². The lowest BCUT2D eigenvalue weighted by Gasteiger charge is -2.01. The number of hydrogen-bond donors (Lipinski definition) is 1. The normalized spacial score (nSPS) is 10.6. The average molecular weight is 326 g/mol. The number of aromatic amines is 1. The van der Waals surface area contributed by atoms with E-state index >= 15 is 0 Å². The van der Waals surface area contributed by atoms with Crippen molar-refractivity contribution < 1.29 is 4.74 Å². The summed E-state index contributed by atoms with van der Waals surface area (Å²) in [5.41, 5.74) is 5.08. The molecule has 25 heavy (non-hydrogen) atoms. The predicted octanol–water partition coefficient (Wildman–Crippen LogP) is 4.17. The van der Waals surface area contributed by atoms with Crippen LogP contribution in [0.5, 0.6) is 5.75 Å². The Morgan fingerprint density at radius 1 is 1.00 bits per heavy atom. The highest BCUT2D eigenvalue weighted by Gasteiger charge is 2.09. The molecule has 0 amide bonds. The summed E-state index contributed by atoms with van der Waals surface area (Å²) in [5, 5.41) is 8.90. The number of nitrogens with one attached hydrogen (secondary N) is 1. The minimum Gasteiger partial charge on any atom is -0.497 e. The molecular formula is C20H14N4O. The minimum absolute atomic E-state index is 0.639. The largest absolute Gasteiger partial charge is 0.497 e. The summed E-state index contributed by atoms with van der Waals surface area (Å²) < 4.78 is 5.27. The first-order chi connectivity index (χ1) is 12.3. The third-order valence-electron chi connectivity index (χ3n) is 4.03. The highest BCUT2D eigenvalue weighted by molar-refractivity contribution is 5.81. The SMILES string of the molecule is COc1cccc(-c2nc3ncc(-c4ccc(C#N)cc4)cc3[nH]2)c1. The molecule has 0 saturated heterocycles. The first kappa shape index (κ1) is 14.9. The van der Waals surface area contributed by atoms with Crippen LogP contribution in [0.15, 0.2) is 60.8 Å². The Labute approximate surface area is 144 Å². The molecule has 0 aliphatic rings. The van der Waals surface area contributed by atoms with Gasteiger partial charge in [-0.15, -0.1) is 0 Å². The minimum atomic E-state index is 0.639. The molecule has 0 atom stereocenters. The number of ether oxygens (including phenoxy) is 1. The van der Waals surface area contributed by atoms with E-state index in [0.717, 1.165) is 33.8 Å². The fourth-order valence-corrected chi connectivity index (χ4v) is 2.70. The van der Waals surface area contributed by atoms with Crippen LogP contribution in [0.1, 0.15) is 5.56 Å². The molecule has 5 nitrogen and oxygen atoms in total. The van der Waals surface area contributed by atoms with Gasteiger partial charge >= 0.3 is 0 Å². The van der Waals surface area contributed by atoms with Crippen molar-refractivity contribution in [2.45, 2.75) is 0 Å². The molecule has 1 N–H and O–H groups in total. The van der Waals surface area contributed by atoms with Gasteiger partial charge in [0.2, 0.25) is 0 Å². The van der Waals surface area contributed by atoms with E-state index in [0.29, 0.717) is 11.2 Å². The molecule has 2 aromatic heterocycles. The Morgan fingerprint density at radius 2 is 1.84 bits per heavy atom. The molecule has 2 heterocycles. The van der Waals surface area contributed by atoms with Crippen molar-refractivity contribution >= 4 is 11.2 Å². The van der Waals surface area contributed by atoms with Gasteiger partial charge in [-0.1, -0.05) is 24.3 Å². The molecule has 4 rings (SSSR count). The van der Waals surface area contributed by atoms with E-state index < -0.39 is 0 Å². The highest BCUT2D eigenvalue weighted by Crippen LogP contribution is 2.26. The first-order valence-electron chi connectivity index (χ1n) is 7.77. The van der Waals surface area contributed by atoms with E-state index in [1.165, 1.54) is 0 Å². The van der Waals surface area contributed by atoms with Crippen LogP contribution in [0.4, 0.5) is 0 Å². The van der Waals surface area contributed by atoms with Crippen molar-refractivity contribution in [1.29, 1.82) is 5.26 Å². The molecule has 0 fully saturated rings. The van der Waals surface area contributed by atoms with Crippen LogP contribution >= 0.6 is 0 Å². The van der Waals surface area contributed by atoms with Gasteiger partial charge in [0.1, 0.15) is 11.6 Å². The number of nitriles is 1. The molecule has 4 aromatic rings. The van der Waals surface area contributed by atoms with Crippen LogP contribution in [-0.2, 0) is 0 Å². The molecule has 0 bridgehead atoms. The quantitative estimate of drug-likeness (QED) is 0.613. The number of methoxy groups -OCH3 is 1. The van der Waals surface area contributed by atoms with Gasteiger partial charge in [0.05, 0.1) is 24.3 Å². The molecule has 0 saturated carbocycles. The van der Waals surface area contributed by atoms with Crippen molar-refractivity contribution in [1.82, 2.24) is 15.0 Å². The lowest BCUT2D eigenvalue weighted by molar-refractivity contribution is 0.415. The van der Waals surface area contributed by atoms with Gasteiger partial charge in [-0.25, -0.2) is 9.97 Å². The molecule has 2 aromatic carbocycles. The molecular weight excluding hydrogens is 312 g/mol. The lowest BCUT2D eigenvalue weighted by atomic mass is 10.1. The molecule has 0 aliphatic heterocycles. The van der Waals surface area contributed by atoms with Crippen molar-refractivity contribution in [3.63, 3.8) is 0 Å². The van der Waals surface area contributed by atoms with Crippen LogP contribution < -0.4 is 4.74 Å². The molecule has 0 radical (unpaired) electrons. The van der Waals surface area contributed by atoms with Gasteiger partial charge in [-0.2, -0.15) is 5.26 Å². The van der Waals surface area contributed by atoms with Crippen LogP contribution in [0.25, 0.3) is 33.7 Å². The summed E-state index contributed by atoms with van der Waals surface area (Å²) in [4.78, 5) is 12.3. The number of hydrogen-bond acceptors (Lipinski definition) is 4. The van der Waals surface area contributed by atoms with E-state index in [2.05, 4.69) is 21.0 Å². The third-order valence-corrected chi connectivity index (χ3v) is 4.03. The Morgan fingerprint density at radius 3 is 2.60 bits per heavy atom. The predicted molar refractivity (Wildman–Crippen MR) is 96.0 cm³/mol. The monoisotopic (exact) mass is 326 g/mol. The van der Waals surface area contributed by atoms with Crippen LogP contribution in [0.3, 0.4) is 0 Å². The summed E-state index contributed by atoms with van der Waals surface area (Å²) in [6.45, 7) is 0. The maximum atomic E-state index is 8.90. The van der Waals surface area contributed by atoms with Gasteiger partial charge in [-0.3, -0.25) is 0 Å². The zero-order valence-electron chi connectivity index (χ0n) is 13.5. The van der Waals surface area contributed by atoms with Crippen molar-refractivity contribution in [3.05, 3.63) is 66.4 Å². The maximum absolute atomic E-state index is 8.90. The summed E-state index contributed by atoms with van der Waals surface area (Å²) in [5.74, 6) is 1.53. The van der Waals surface area contributed by atoms with Crippen molar-refractivity contribution in [3.8, 4) is 34.3 Å². The first-order valence-corrected chi connectivity index (χ1v) is 7.77. The Kier molecular flexibility index (Phi) is 3.64. The maximum Gasteiger partial charge on any atom is 0.178 e. The summed E-state index contributed by atoms with van der Waals surface area (Å²) >= 11 is 0. The van der Waals surface area contributed by atoms with E-state index in [1.54, 1.807) is 25.4 Å². The van der Waals surface area contributed by atoms with Gasteiger partial charge < -0.3 is 9.72 Å². The number of fused-ring (bicyclic) bond motifs is 1. The second-order valence-corrected chi connectivity index (χ2v) is 5.60. The lowest BCUT2D eigenvalue weighted by Crippen LogP contribution is -1.84. The summed E-state index contributed by atoms with van der Waals surface area (Å²) in [6.07, 6.45) is 1.79. The van der Waals surface area contributed by atoms with Gasteiger partial charge in [0.25, 0.3) is 0 Å². The van der Waals surface area contributed by atoms with Crippen molar-refractivity contribution in [2.24, 2.45) is 0 Å². The Hall–Kier alpha value is -3.65. The van der Waals surface area contributed by atoms with E-state index in [9.17, 15) is 0 Å². The fourth-order valence-electron chi connectivity index (χ4n) is 2.70. The Bertz CT molecular complexity index is 1090. The fraction of sp³-hybridized carbons (Fsp3) is 0.0500. The number of nitrogens with zero attached hydrogens (tertiary/aromatic N) is 3. The Balaban J connectivity index is 1.75.